The summed E-state index contributed by atoms with van der Waals surface area (Å²) in [6.45, 7) is 6.69. The number of rotatable bonds is 5. The molecule has 0 amide bonds. The zero-order chi connectivity index (χ0) is 8.27. The highest BCUT2D eigenvalue weighted by Gasteiger charge is 2.37. The minimum absolute atomic E-state index is 0.586. The van der Waals surface area contributed by atoms with Crippen molar-refractivity contribution in [2.24, 2.45) is 0 Å². The van der Waals surface area contributed by atoms with Gasteiger partial charge in [-0.15, -0.1) is 0 Å². The molecular formula is C9H18OS. The van der Waals surface area contributed by atoms with Crippen molar-refractivity contribution in [2.45, 2.75) is 51.1 Å². The molecule has 1 saturated heterocycles. The van der Waals surface area contributed by atoms with E-state index in [0.29, 0.717) is 12.2 Å². The van der Waals surface area contributed by atoms with Crippen molar-refractivity contribution in [3.63, 3.8) is 0 Å². The lowest BCUT2D eigenvalue weighted by Gasteiger charge is -2.00. The number of hydrogen-bond acceptors (Lipinski definition) is 2. The molecule has 2 atom stereocenters. The van der Waals surface area contributed by atoms with Crippen LogP contribution in [0.3, 0.4) is 0 Å². The first-order valence-corrected chi connectivity index (χ1v) is 5.56. The maximum absolute atomic E-state index is 5.49. The van der Waals surface area contributed by atoms with Gasteiger partial charge in [-0.3, -0.25) is 0 Å². The first-order chi connectivity index (χ1) is 5.24. The molecule has 1 fully saturated rings. The van der Waals surface area contributed by atoms with Gasteiger partial charge in [0.1, 0.15) is 0 Å². The van der Waals surface area contributed by atoms with E-state index in [4.69, 9.17) is 4.74 Å². The van der Waals surface area contributed by atoms with Crippen LogP contribution in [-0.4, -0.2) is 23.2 Å². The van der Waals surface area contributed by atoms with Crippen molar-refractivity contribution in [1.29, 1.82) is 0 Å². The number of ether oxygens (including phenoxy) is 1. The maximum atomic E-state index is 5.49. The predicted octanol–water partition coefficient (Wildman–Crippen LogP) is 2.70. The van der Waals surface area contributed by atoms with Gasteiger partial charge in [0.25, 0.3) is 0 Å². The van der Waals surface area contributed by atoms with Crippen molar-refractivity contribution >= 4 is 11.8 Å². The lowest BCUT2D eigenvalue weighted by molar-refractivity contribution is 0.370. The van der Waals surface area contributed by atoms with Gasteiger partial charge in [-0.05, 0) is 11.7 Å². The van der Waals surface area contributed by atoms with E-state index in [0.717, 1.165) is 5.25 Å². The zero-order valence-corrected chi connectivity index (χ0v) is 8.49. The summed E-state index contributed by atoms with van der Waals surface area (Å²) in [6, 6.07) is 0. The molecule has 0 saturated carbocycles. The molecule has 1 nitrogen and oxygen atoms in total. The summed E-state index contributed by atoms with van der Waals surface area (Å²) < 4.78 is 5.49. The highest BCUT2D eigenvalue weighted by atomic mass is 32.2. The third kappa shape index (κ3) is 3.48. The smallest absolute Gasteiger partial charge is 0.0932 e. The van der Waals surface area contributed by atoms with Crippen molar-refractivity contribution in [2.75, 3.05) is 5.75 Å². The van der Waals surface area contributed by atoms with E-state index in [1.54, 1.807) is 0 Å². The summed E-state index contributed by atoms with van der Waals surface area (Å²) >= 11 is 2.01. The molecule has 0 bridgehead atoms. The average molecular weight is 174 g/mol. The molecular weight excluding hydrogens is 156 g/mol. The molecule has 0 aromatic rings. The third-order valence-electron chi connectivity index (χ3n) is 1.85. The molecule has 1 aliphatic rings. The molecule has 0 aliphatic carbocycles. The van der Waals surface area contributed by atoms with Crippen molar-refractivity contribution in [3.8, 4) is 0 Å². The van der Waals surface area contributed by atoms with E-state index in [1.807, 2.05) is 11.8 Å². The van der Waals surface area contributed by atoms with E-state index in [-0.39, 0.29) is 0 Å². The Morgan fingerprint density at radius 3 is 2.64 bits per heavy atom. The van der Waals surface area contributed by atoms with Crippen LogP contribution in [0.1, 0.15) is 33.6 Å². The van der Waals surface area contributed by atoms with Gasteiger partial charge in [-0.2, -0.15) is 11.8 Å². The van der Waals surface area contributed by atoms with Gasteiger partial charge in [0.2, 0.25) is 0 Å². The van der Waals surface area contributed by atoms with E-state index in [2.05, 4.69) is 20.8 Å². The summed E-state index contributed by atoms with van der Waals surface area (Å²) in [7, 11) is 0. The molecule has 0 unspecified atom stereocenters. The summed E-state index contributed by atoms with van der Waals surface area (Å²) in [4.78, 5) is 0. The molecule has 0 spiro atoms. The number of epoxide rings is 1. The third-order valence-corrected chi connectivity index (χ3v) is 3.04. The standard InChI is InChI=1S/C9H18OS/c1-4-5-8-9(10-8)6-11-7(2)3/h7-9H,4-6H2,1-3H3/t8-,9+/m1/s1. The largest absolute Gasteiger partial charge is 0.369 e. The number of thioether (sulfide) groups is 1. The van der Waals surface area contributed by atoms with E-state index in [9.17, 15) is 0 Å². The monoisotopic (exact) mass is 174 g/mol. The highest BCUT2D eigenvalue weighted by Crippen LogP contribution is 2.30. The Morgan fingerprint density at radius 1 is 1.36 bits per heavy atom. The van der Waals surface area contributed by atoms with Crippen LogP contribution >= 0.6 is 11.8 Å². The molecule has 0 N–H and O–H groups in total. The Kier molecular flexibility index (Phi) is 3.73. The molecule has 0 aromatic heterocycles. The van der Waals surface area contributed by atoms with Gasteiger partial charge in [0.05, 0.1) is 12.2 Å². The van der Waals surface area contributed by atoms with Crippen LogP contribution < -0.4 is 0 Å². The minimum atomic E-state index is 0.586. The second kappa shape index (κ2) is 4.36. The van der Waals surface area contributed by atoms with Gasteiger partial charge < -0.3 is 4.74 Å². The fourth-order valence-corrected chi connectivity index (χ4v) is 2.02. The van der Waals surface area contributed by atoms with Crippen LogP contribution in [0, 0.1) is 0 Å². The van der Waals surface area contributed by atoms with Crippen LogP contribution in [0.15, 0.2) is 0 Å². The summed E-state index contributed by atoms with van der Waals surface area (Å²) in [5, 5.41) is 0.751. The van der Waals surface area contributed by atoms with Gasteiger partial charge >= 0.3 is 0 Å². The van der Waals surface area contributed by atoms with Crippen LogP contribution in [0.2, 0.25) is 0 Å². The van der Waals surface area contributed by atoms with Gasteiger partial charge in [-0.25, -0.2) is 0 Å². The van der Waals surface area contributed by atoms with Gasteiger partial charge in [0, 0.05) is 5.75 Å². The first-order valence-electron chi connectivity index (χ1n) is 4.51. The molecule has 2 heteroatoms. The Bertz CT molecular complexity index is 114. The second-order valence-corrected chi connectivity index (χ2v) is 4.99. The quantitative estimate of drug-likeness (QED) is 0.594. The predicted molar refractivity (Wildman–Crippen MR) is 51.2 cm³/mol. The number of hydrogen-bond donors (Lipinski definition) is 0. The Labute approximate surface area is 73.9 Å². The van der Waals surface area contributed by atoms with Crippen molar-refractivity contribution in [1.82, 2.24) is 0 Å². The topological polar surface area (TPSA) is 12.5 Å². The van der Waals surface area contributed by atoms with Crippen LogP contribution in [0.5, 0.6) is 0 Å². The van der Waals surface area contributed by atoms with E-state index in [1.165, 1.54) is 18.6 Å². The highest BCUT2D eigenvalue weighted by molar-refractivity contribution is 7.99. The van der Waals surface area contributed by atoms with Crippen molar-refractivity contribution < 1.29 is 4.74 Å². The molecule has 0 aromatic carbocycles. The molecule has 0 radical (unpaired) electrons. The fourth-order valence-electron chi connectivity index (χ4n) is 1.15. The van der Waals surface area contributed by atoms with Crippen LogP contribution in [0.4, 0.5) is 0 Å². The maximum Gasteiger partial charge on any atom is 0.0932 e. The lowest BCUT2D eigenvalue weighted by atomic mass is 10.2. The Balaban J connectivity index is 1.95. The normalized spacial score (nSPS) is 29.5. The molecule has 1 rings (SSSR count). The second-order valence-electron chi connectivity index (χ2n) is 3.38. The van der Waals surface area contributed by atoms with Gasteiger partial charge in [0.15, 0.2) is 0 Å². The SMILES string of the molecule is CCC[C@H]1O[C@H]1CSC(C)C. The molecule has 11 heavy (non-hydrogen) atoms. The molecule has 66 valence electrons. The minimum Gasteiger partial charge on any atom is -0.369 e. The summed E-state index contributed by atoms with van der Waals surface area (Å²) in [6.07, 6.45) is 3.70. The molecule has 1 aliphatic heterocycles. The summed E-state index contributed by atoms with van der Waals surface area (Å²) in [5.74, 6) is 1.20. The fraction of sp³-hybridized carbons (Fsp3) is 1.00. The lowest BCUT2D eigenvalue weighted by Crippen LogP contribution is -1.99. The van der Waals surface area contributed by atoms with E-state index < -0.39 is 0 Å². The zero-order valence-electron chi connectivity index (χ0n) is 7.67. The van der Waals surface area contributed by atoms with E-state index >= 15 is 0 Å². The van der Waals surface area contributed by atoms with Gasteiger partial charge in [-0.1, -0.05) is 27.2 Å². The average Bonchev–Trinajstić information content (AvgIpc) is 2.64. The Hall–Kier alpha value is 0.310. The van der Waals surface area contributed by atoms with Crippen molar-refractivity contribution in [3.05, 3.63) is 0 Å². The van der Waals surface area contributed by atoms with Crippen LogP contribution in [-0.2, 0) is 4.74 Å². The van der Waals surface area contributed by atoms with Crippen LogP contribution in [0.25, 0.3) is 0 Å². The first kappa shape index (κ1) is 9.40. The Morgan fingerprint density at radius 2 is 2.09 bits per heavy atom. The summed E-state index contributed by atoms with van der Waals surface area (Å²) in [5.41, 5.74) is 0. The molecule has 1 heterocycles.